The minimum absolute atomic E-state index is 0.0721. The number of halogens is 1. The molecule has 0 unspecified atom stereocenters. The van der Waals surface area contributed by atoms with Crippen LogP contribution in [0.4, 0.5) is 0 Å². The van der Waals surface area contributed by atoms with E-state index in [1.165, 1.54) is 0 Å². The second kappa shape index (κ2) is 4.80. The maximum absolute atomic E-state index is 12.0. The van der Waals surface area contributed by atoms with Gasteiger partial charge in [0.15, 0.2) is 11.6 Å². The summed E-state index contributed by atoms with van der Waals surface area (Å²) in [7, 11) is 0. The Hall–Kier alpha value is -0.840. The zero-order valence-electron chi connectivity index (χ0n) is 10.00. The topological polar surface area (TPSA) is 34.1 Å². The first-order chi connectivity index (χ1) is 7.98. The van der Waals surface area contributed by atoms with Gasteiger partial charge in [0, 0.05) is 16.4 Å². The Labute approximate surface area is 111 Å². The molecule has 0 saturated heterocycles. The molecular formula is C14H15IO2. The third kappa shape index (κ3) is 3.09. The van der Waals surface area contributed by atoms with Gasteiger partial charge in [-0.25, -0.2) is 0 Å². The van der Waals surface area contributed by atoms with E-state index < -0.39 is 20.7 Å². The Balaban J connectivity index is 2.31. The minimum Gasteiger partial charge on any atom is -0.294 e. The van der Waals surface area contributed by atoms with Gasteiger partial charge in [0.25, 0.3) is 0 Å². The van der Waals surface area contributed by atoms with Gasteiger partial charge in [-0.15, -0.1) is 0 Å². The predicted octanol–water partition coefficient (Wildman–Crippen LogP) is 2.96. The van der Waals surface area contributed by atoms with Gasteiger partial charge in [-0.3, -0.25) is 9.59 Å². The molecule has 0 aliphatic heterocycles. The monoisotopic (exact) mass is 342 g/mol. The summed E-state index contributed by atoms with van der Waals surface area (Å²) in [5.74, 6) is 0.144. The standard InChI is InChI=1S/C14H15IO2/c1-14(2)8-11(16)13(12(17)9-14)15-10-6-4-3-5-7-10/h3-7H,8-9H2,1-2H3. The SMILES string of the molecule is CC1(C)CC(=O)C(=Ic2ccccc2)C(=O)C1. The van der Waals surface area contributed by atoms with Crippen molar-refractivity contribution < 1.29 is 9.59 Å². The summed E-state index contributed by atoms with van der Waals surface area (Å²) in [5, 5.41) is 0. The smallest absolute Gasteiger partial charge is 0.172 e. The summed E-state index contributed by atoms with van der Waals surface area (Å²) < 4.78 is 1.73. The van der Waals surface area contributed by atoms with Crippen molar-refractivity contribution in [1.82, 2.24) is 0 Å². The molecule has 0 amide bonds. The zero-order chi connectivity index (χ0) is 12.5. The van der Waals surface area contributed by atoms with E-state index in [1.807, 2.05) is 44.2 Å². The molecule has 1 saturated carbocycles. The largest absolute Gasteiger partial charge is 0.294 e. The Bertz CT molecular complexity index is 464. The van der Waals surface area contributed by atoms with Gasteiger partial charge in [-0.2, -0.15) is 0 Å². The Morgan fingerprint density at radius 2 is 1.53 bits per heavy atom. The number of carbonyl (C=O) groups is 2. The average molecular weight is 342 g/mol. The van der Waals surface area contributed by atoms with E-state index in [4.69, 9.17) is 0 Å². The summed E-state index contributed by atoms with van der Waals surface area (Å²) in [4.78, 5) is 24.0. The van der Waals surface area contributed by atoms with Gasteiger partial charge in [0.2, 0.25) is 0 Å². The van der Waals surface area contributed by atoms with Crippen LogP contribution in [0.25, 0.3) is 0 Å². The first-order valence-corrected chi connectivity index (χ1v) is 7.77. The molecule has 0 N–H and O–H groups in total. The van der Waals surface area contributed by atoms with Crippen molar-refractivity contribution >= 4 is 35.8 Å². The van der Waals surface area contributed by atoms with Crippen molar-refractivity contribution in [2.75, 3.05) is 0 Å². The number of ketones is 2. The van der Waals surface area contributed by atoms with Crippen LogP contribution < -0.4 is 0 Å². The first-order valence-electron chi connectivity index (χ1n) is 5.61. The van der Waals surface area contributed by atoms with E-state index in [0.717, 1.165) is 3.57 Å². The van der Waals surface area contributed by atoms with Crippen LogP contribution in [0.15, 0.2) is 30.3 Å². The quantitative estimate of drug-likeness (QED) is 0.736. The van der Waals surface area contributed by atoms with Crippen LogP contribution in [0.3, 0.4) is 0 Å². The highest BCUT2D eigenvalue weighted by molar-refractivity contribution is 14.2. The van der Waals surface area contributed by atoms with E-state index in [-0.39, 0.29) is 17.0 Å². The van der Waals surface area contributed by atoms with E-state index >= 15 is 0 Å². The van der Waals surface area contributed by atoms with Crippen LogP contribution in [0.1, 0.15) is 26.7 Å². The lowest BCUT2D eigenvalue weighted by atomic mass is 9.76. The van der Waals surface area contributed by atoms with E-state index in [2.05, 4.69) is 0 Å². The zero-order valence-corrected chi connectivity index (χ0v) is 12.2. The first kappa shape index (κ1) is 12.6. The summed E-state index contributed by atoms with van der Waals surface area (Å²) in [6, 6.07) is 9.86. The lowest BCUT2D eigenvalue weighted by Gasteiger charge is -2.28. The maximum atomic E-state index is 12.0. The van der Waals surface area contributed by atoms with Crippen molar-refractivity contribution in [1.29, 1.82) is 0 Å². The molecule has 1 aromatic rings. The molecule has 17 heavy (non-hydrogen) atoms. The van der Waals surface area contributed by atoms with Crippen LogP contribution in [0.2, 0.25) is 0 Å². The minimum atomic E-state index is -0.599. The van der Waals surface area contributed by atoms with Crippen molar-refractivity contribution in [3.63, 3.8) is 0 Å². The van der Waals surface area contributed by atoms with Crippen molar-refractivity contribution in [2.24, 2.45) is 5.41 Å². The summed E-state index contributed by atoms with van der Waals surface area (Å²) in [6.45, 7) is 3.97. The van der Waals surface area contributed by atoms with Crippen molar-refractivity contribution in [3.05, 3.63) is 33.9 Å². The molecule has 1 aliphatic rings. The molecule has 1 aliphatic carbocycles. The molecule has 2 nitrogen and oxygen atoms in total. The molecule has 90 valence electrons. The number of rotatable bonds is 1. The highest BCUT2D eigenvalue weighted by Gasteiger charge is 2.35. The van der Waals surface area contributed by atoms with E-state index in [0.29, 0.717) is 16.4 Å². The number of benzene rings is 1. The van der Waals surface area contributed by atoms with Crippen LogP contribution in [-0.4, -0.2) is 15.1 Å². The van der Waals surface area contributed by atoms with E-state index in [1.54, 1.807) is 0 Å². The predicted molar refractivity (Wildman–Crippen MR) is 77.2 cm³/mol. The van der Waals surface area contributed by atoms with Gasteiger partial charge in [0.1, 0.15) is 0 Å². The fourth-order valence-corrected chi connectivity index (χ4v) is 4.32. The second-order valence-electron chi connectivity index (χ2n) is 5.07. The number of carbonyl (C=O) groups excluding carboxylic acids is 2. The fraction of sp³-hybridized carbons (Fsp3) is 0.357. The van der Waals surface area contributed by atoms with Gasteiger partial charge >= 0.3 is 0 Å². The summed E-state index contributed by atoms with van der Waals surface area (Å²) >= 11 is -0.599. The molecule has 1 fully saturated rings. The number of hydrogen-bond donors (Lipinski definition) is 0. The molecule has 0 radical (unpaired) electrons. The molecule has 0 aromatic heterocycles. The third-order valence-electron chi connectivity index (χ3n) is 2.70. The van der Waals surface area contributed by atoms with Gasteiger partial charge in [-0.05, 0) is 17.5 Å². The molecule has 1 aromatic carbocycles. The molecule has 0 bridgehead atoms. The van der Waals surface area contributed by atoms with Gasteiger partial charge in [0.05, 0.1) is 3.51 Å². The lowest BCUT2D eigenvalue weighted by molar-refractivity contribution is -0.122. The highest BCUT2D eigenvalue weighted by atomic mass is 127. The van der Waals surface area contributed by atoms with Gasteiger partial charge < -0.3 is 0 Å². The number of Topliss-reactive ketones (excluding diaryl/α,β-unsaturated/α-hetero) is 2. The second-order valence-corrected chi connectivity index (χ2v) is 7.93. The molecule has 0 heterocycles. The highest BCUT2D eigenvalue weighted by Crippen LogP contribution is 2.32. The number of hydrogen-bond acceptors (Lipinski definition) is 2. The summed E-state index contributed by atoms with van der Waals surface area (Å²) in [6.07, 6.45) is 1.03. The van der Waals surface area contributed by atoms with Crippen LogP contribution in [0, 0.1) is 8.99 Å². The molecule has 3 heteroatoms. The normalized spacial score (nSPS) is 19.5. The van der Waals surface area contributed by atoms with Crippen molar-refractivity contribution in [2.45, 2.75) is 26.7 Å². The molecular weight excluding hydrogens is 327 g/mol. The molecule has 0 atom stereocenters. The van der Waals surface area contributed by atoms with Crippen LogP contribution >= 0.6 is 20.7 Å². The van der Waals surface area contributed by atoms with Crippen LogP contribution in [-0.2, 0) is 9.59 Å². The van der Waals surface area contributed by atoms with Crippen molar-refractivity contribution in [3.8, 4) is 0 Å². The molecule has 2 rings (SSSR count). The van der Waals surface area contributed by atoms with Gasteiger partial charge in [-0.1, -0.05) is 52.8 Å². The maximum Gasteiger partial charge on any atom is 0.172 e. The van der Waals surface area contributed by atoms with Crippen LogP contribution in [0.5, 0.6) is 0 Å². The Kier molecular flexibility index (Phi) is 3.56. The average Bonchev–Trinajstić information content (AvgIpc) is 2.24. The third-order valence-corrected chi connectivity index (χ3v) is 5.79. The Morgan fingerprint density at radius 1 is 1.00 bits per heavy atom. The summed E-state index contributed by atoms with van der Waals surface area (Å²) in [5.41, 5.74) is -0.155. The fourth-order valence-electron chi connectivity index (χ4n) is 1.93. The van der Waals surface area contributed by atoms with E-state index in [9.17, 15) is 9.59 Å². The molecule has 0 spiro atoms. The lowest BCUT2D eigenvalue weighted by Crippen LogP contribution is -2.36. The Morgan fingerprint density at radius 3 is 2.06 bits per heavy atom.